The normalized spacial score (nSPS) is 15.0. The lowest BCUT2D eigenvalue weighted by Crippen LogP contribution is -2.50. The van der Waals surface area contributed by atoms with Crippen molar-refractivity contribution in [3.63, 3.8) is 0 Å². The van der Waals surface area contributed by atoms with Gasteiger partial charge in [0.1, 0.15) is 0 Å². The van der Waals surface area contributed by atoms with Gasteiger partial charge in [-0.25, -0.2) is 0 Å². The summed E-state index contributed by atoms with van der Waals surface area (Å²) >= 11 is 0. The third-order valence-corrected chi connectivity index (χ3v) is 5.28. The van der Waals surface area contributed by atoms with Gasteiger partial charge in [-0.2, -0.15) is 0 Å². The topological polar surface area (TPSA) is 45.6 Å². The summed E-state index contributed by atoms with van der Waals surface area (Å²) in [6.07, 6.45) is 2.59. The van der Waals surface area contributed by atoms with E-state index in [0.29, 0.717) is 32.6 Å². The van der Waals surface area contributed by atoms with Crippen molar-refractivity contribution >= 4 is 22.7 Å². The third-order valence-electron chi connectivity index (χ3n) is 5.28. The van der Waals surface area contributed by atoms with Crippen molar-refractivity contribution in [1.82, 2.24) is 14.4 Å². The zero-order valence-electron chi connectivity index (χ0n) is 15.4. The SMILES string of the molecule is CCCCC(=O)N1CCN(C(=O)c2c(C)n(C)c3ccccc23)CC1. The molecule has 1 aromatic heterocycles. The molecule has 2 amide bonds. The van der Waals surface area contributed by atoms with Crippen LogP contribution >= 0.6 is 0 Å². The first-order valence-electron chi connectivity index (χ1n) is 9.15. The quantitative estimate of drug-likeness (QED) is 0.858. The maximum atomic E-state index is 13.1. The number of aryl methyl sites for hydroxylation is 1. The standard InChI is InChI=1S/C20H27N3O2/c1-4-5-10-18(24)22-11-13-23(14-12-22)20(25)19-15(2)21(3)17-9-7-6-8-16(17)19/h6-9H,4-5,10-14H2,1-3H3. The van der Waals surface area contributed by atoms with Crippen molar-refractivity contribution in [2.24, 2.45) is 7.05 Å². The Labute approximate surface area is 149 Å². The lowest BCUT2D eigenvalue weighted by molar-refractivity contribution is -0.132. The third kappa shape index (κ3) is 3.28. The number of para-hydroxylation sites is 1. The number of amides is 2. The van der Waals surface area contributed by atoms with Crippen LogP contribution in [0.25, 0.3) is 10.9 Å². The van der Waals surface area contributed by atoms with Crippen LogP contribution in [0, 0.1) is 6.92 Å². The van der Waals surface area contributed by atoms with Crippen molar-refractivity contribution in [2.75, 3.05) is 26.2 Å². The summed E-state index contributed by atoms with van der Waals surface area (Å²) in [4.78, 5) is 29.0. The summed E-state index contributed by atoms with van der Waals surface area (Å²) in [5, 5.41) is 1.01. The number of carbonyl (C=O) groups excluding carboxylic acids is 2. The van der Waals surface area contributed by atoms with Crippen LogP contribution in [0.1, 0.15) is 42.2 Å². The van der Waals surface area contributed by atoms with Crippen LogP contribution in [0.2, 0.25) is 0 Å². The van der Waals surface area contributed by atoms with E-state index in [2.05, 4.69) is 11.5 Å². The molecule has 1 fully saturated rings. The van der Waals surface area contributed by atoms with Gasteiger partial charge in [-0.15, -0.1) is 0 Å². The predicted octanol–water partition coefficient (Wildman–Crippen LogP) is 2.96. The molecule has 2 heterocycles. The Balaban J connectivity index is 1.74. The average Bonchev–Trinajstić information content (AvgIpc) is 2.90. The molecule has 25 heavy (non-hydrogen) atoms. The highest BCUT2D eigenvalue weighted by Gasteiger charge is 2.27. The summed E-state index contributed by atoms with van der Waals surface area (Å²) in [6, 6.07) is 8.03. The molecular formula is C20H27N3O2. The second-order valence-corrected chi connectivity index (χ2v) is 6.81. The van der Waals surface area contributed by atoms with Gasteiger partial charge in [-0.1, -0.05) is 31.5 Å². The highest BCUT2D eigenvalue weighted by atomic mass is 16.2. The first kappa shape index (κ1) is 17.5. The van der Waals surface area contributed by atoms with Crippen LogP contribution in [-0.4, -0.2) is 52.4 Å². The lowest BCUT2D eigenvalue weighted by Gasteiger charge is -2.35. The Morgan fingerprint density at radius 2 is 1.68 bits per heavy atom. The van der Waals surface area contributed by atoms with Gasteiger partial charge in [-0.05, 0) is 19.4 Å². The zero-order valence-corrected chi connectivity index (χ0v) is 15.4. The van der Waals surface area contributed by atoms with E-state index in [0.717, 1.165) is 35.0 Å². The number of rotatable bonds is 4. The summed E-state index contributed by atoms with van der Waals surface area (Å²) in [5.41, 5.74) is 2.87. The van der Waals surface area contributed by atoms with E-state index in [1.165, 1.54) is 0 Å². The molecule has 0 bridgehead atoms. The van der Waals surface area contributed by atoms with Gasteiger partial charge in [0.25, 0.3) is 5.91 Å². The van der Waals surface area contributed by atoms with Gasteiger partial charge < -0.3 is 14.4 Å². The van der Waals surface area contributed by atoms with Crippen molar-refractivity contribution in [3.05, 3.63) is 35.5 Å². The van der Waals surface area contributed by atoms with Crippen LogP contribution in [0.5, 0.6) is 0 Å². The Bertz CT molecular complexity index is 786. The molecule has 5 nitrogen and oxygen atoms in total. The molecular weight excluding hydrogens is 314 g/mol. The molecule has 0 spiro atoms. The lowest BCUT2D eigenvalue weighted by atomic mass is 10.1. The highest BCUT2D eigenvalue weighted by Crippen LogP contribution is 2.26. The Hall–Kier alpha value is -2.30. The second kappa shape index (κ2) is 7.30. The summed E-state index contributed by atoms with van der Waals surface area (Å²) < 4.78 is 2.08. The van der Waals surface area contributed by atoms with Gasteiger partial charge in [0.2, 0.25) is 5.91 Å². The number of hydrogen-bond donors (Lipinski definition) is 0. The van der Waals surface area contributed by atoms with Crippen LogP contribution in [0.3, 0.4) is 0 Å². The fourth-order valence-corrected chi connectivity index (χ4v) is 3.59. The summed E-state index contributed by atoms with van der Waals surface area (Å²) in [6.45, 7) is 6.59. The molecule has 1 saturated heterocycles. The van der Waals surface area contributed by atoms with Gasteiger partial charge in [0, 0.05) is 56.2 Å². The molecule has 1 aliphatic rings. The minimum atomic E-state index is 0.0787. The van der Waals surface area contributed by atoms with Crippen LogP contribution < -0.4 is 0 Å². The van der Waals surface area contributed by atoms with Gasteiger partial charge in [0.15, 0.2) is 0 Å². The number of piperazine rings is 1. The van der Waals surface area contributed by atoms with Crippen molar-refractivity contribution in [1.29, 1.82) is 0 Å². The van der Waals surface area contributed by atoms with Gasteiger partial charge in [-0.3, -0.25) is 9.59 Å². The highest BCUT2D eigenvalue weighted by molar-refractivity contribution is 6.08. The maximum Gasteiger partial charge on any atom is 0.256 e. The molecule has 134 valence electrons. The van der Waals surface area contributed by atoms with Crippen LogP contribution in [0.4, 0.5) is 0 Å². The summed E-state index contributed by atoms with van der Waals surface area (Å²) in [5.74, 6) is 0.297. The molecule has 2 aromatic rings. The number of fused-ring (bicyclic) bond motifs is 1. The molecule has 0 radical (unpaired) electrons. The van der Waals surface area contributed by atoms with Crippen LogP contribution in [-0.2, 0) is 11.8 Å². The number of aromatic nitrogens is 1. The molecule has 3 rings (SSSR count). The van der Waals surface area contributed by atoms with E-state index in [1.54, 1.807) is 0 Å². The number of unbranched alkanes of at least 4 members (excludes halogenated alkanes) is 1. The number of nitrogens with zero attached hydrogens (tertiary/aromatic N) is 3. The van der Waals surface area contributed by atoms with Crippen molar-refractivity contribution in [3.8, 4) is 0 Å². The monoisotopic (exact) mass is 341 g/mol. The first-order valence-corrected chi connectivity index (χ1v) is 9.15. The van der Waals surface area contributed by atoms with E-state index >= 15 is 0 Å². The molecule has 1 aliphatic heterocycles. The molecule has 0 N–H and O–H groups in total. The van der Waals surface area contributed by atoms with Crippen molar-refractivity contribution < 1.29 is 9.59 Å². The molecule has 1 aromatic carbocycles. The fourth-order valence-electron chi connectivity index (χ4n) is 3.59. The Morgan fingerprint density at radius 1 is 1.04 bits per heavy atom. The van der Waals surface area contributed by atoms with E-state index in [-0.39, 0.29) is 11.8 Å². The molecule has 0 atom stereocenters. The maximum absolute atomic E-state index is 13.1. The Morgan fingerprint density at radius 3 is 2.36 bits per heavy atom. The minimum absolute atomic E-state index is 0.0787. The number of benzene rings is 1. The zero-order chi connectivity index (χ0) is 18.0. The average molecular weight is 341 g/mol. The molecule has 0 aliphatic carbocycles. The van der Waals surface area contributed by atoms with Crippen molar-refractivity contribution in [2.45, 2.75) is 33.1 Å². The smallest absolute Gasteiger partial charge is 0.256 e. The van der Waals surface area contributed by atoms with E-state index in [1.807, 2.05) is 48.0 Å². The number of carbonyl (C=O) groups is 2. The largest absolute Gasteiger partial charge is 0.347 e. The summed E-state index contributed by atoms with van der Waals surface area (Å²) in [7, 11) is 2.00. The second-order valence-electron chi connectivity index (χ2n) is 6.81. The fraction of sp³-hybridized carbons (Fsp3) is 0.500. The minimum Gasteiger partial charge on any atom is -0.347 e. The predicted molar refractivity (Wildman–Crippen MR) is 99.7 cm³/mol. The van der Waals surface area contributed by atoms with Gasteiger partial charge in [0.05, 0.1) is 5.56 Å². The molecule has 0 unspecified atom stereocenters. The van der Waals surface area contributed by atoms with E-state index < -0.39 is 0 Å². The van der Waals surface area contributed by atoms with Gasteiger partial charge >= 0.3 is 0 Å². The van der Waals surface area contributed by atoms with E-state index in [9.17, 15) is 9.59 Å². The molecule has 5 heteroatoms. The molecule has 0 saturated carbocycles. The van der Waals surface area contributed by atoms with E-state index in [4.69, 9.17) is 0 Å². The van der Waals surface area contributed by atoms with Crippen LogP contribution in [0.15, 0.2) is 24.3 Å². The number of hydrogen-bond acceptors (Lipinski definition) is 2. The Kier molecular flexibility index (Phi) is 5.11. The first-order chi connectivity index (χ1) is 12.0.